The number of hydrogen-bond donors (Lipinski definition) is 2. The molecule has 0 aliphatic carbocycles. The fourth-order valence-corrected chi connectivity index (χ4v) is 1.66. The Morgan fingerprint density at radius 1 is 1.39 bits per heavy atom. The smallest absolute Gasteiger partial charge is 0.127 e. The maximum absolute atomic E-state index is 5.24. The Hall–Kier alpha value is -1.29. The van der Waals surface area contributed by atoms with Crippen LogP contribution in [0.1, 0.15) is 27.2 Å². The second-order valence-corrected chi connectivity index (χ2v) is 4.81. The minimum atomic E-state index is 0.316. The van der Waals surface area contributed by atoms with Gasteiger partial charge in [-0.05, 0) is 18.4 Å². The maximum Gasteiger partial charge on any atom is 0.127 e. The van der Waals surface area contributed by atoms with Gasteiger partial charge in [0.2, 0.25) is 0 Å². The molecule has 4 heteroatoms. The fraction of sp³-hybridized carbons (Fsp3) is 0.643. The van der Waals surface area contributed by atoms with Crippen LogP contribution < -0.4 is 10.6 Å². The topological polar surface area (TPSA) is 46.2 Å². The Bertz CT molecular complexity index is 342. The van der Waals surface area contributed by atoms with Crippen molar-refractivity contribution in [1.29, 1.82) is 0 Å². The summed E-state index contributed by atoms with van der Waals surface area (Å²) >= 11 is 0. The molecule has 0 aromatic carbocycles. The van der Waals surface area contributed by atoms with Crippen LogP contribution in [-0.4, -0.2) is 31.3 Å². The molecular formula is C14H25N3O. The van der Waals surface area contributed by atoms with E-state index < -0.39 is 0 Å². The van der Waals surface area contributed by atoms with E-state index in [1.165, 1.54) is 0 Å². The first-order chi connectivity index (χ1) is 8.67. The van der Waals surface area contributed by atoms with E-state index in [1.807, 2.05) is 18.3 Å². The molecule has 0 aliphatic rings. The first-order valence-electron chi connectivity index (χ1n) is 6.62. The summed E-state index contributed by atoms with van der Waals surface area (Å²) in [5.41, 5.74) is 1.08. The number of rotatable bonds is 8. The third kappa shape index (κ3) is 4.92. The molecule has 0 aliphatic heterocycles. The van der Waals surface area contributed by atoms with Gasteiger partial charge >= 0.3 is 0 Å². The predicted octanol–water partition coefficient (Wildman–Crippen LogP) is 2.99. The lowest BCUT2D eigenvalue weighted by Gasteiger charge is -2.23. The highest BCUT2D eigenvalue weighted by atomic mass is 16.5. The largest absolute Gasteiger partial charge is 0.383 e. The van der Waals surface area contributed by atoms with Crippen molar-refractivity contribution < 1.29 is 4.74 Å². The molecule has 18 heavy (non-hydrogen) atoms. The quantitative estimate of drug-likeness (QED) is 0.745. The summed E-state index contributed by atoms with van der Waals surface area (Å²) in [7, 11) is 1.73. The van der Waals surface area contributed by atoms with E-state index in [0.29, 0.717) is 18.6 Å². The van der Waals surface area contributed by atoms with Gasteiger partial charge in [-0.2, -0.15) is 0 Å². The summed E-state index contributed by atoms with van der Waals surface area (Å²) < 4.78 is 5.24. The summed E-state index contributed by atoms with van der Waals surface area (Å²) in [6.07, 6.45) is 2.92. The highest BCUT2D eigenvalue weighted by Crippen LogP contribution is 2.16. The van der Waals surface area contributed by atoms with E-state index in [4.69, 9.17) is 4.74 Å². The monoisotopic (exact) mass is 251 g/mol. The molecule has 1 atom stereocenters. The van der Waals surface area contributed by atoms with Crippen LogP contribution in [0.25, 0.3) is 0 Å². The van der Waals surface area contributed by atoms with E-state index in [1.54, 1.807) is 7.11 Å². The van der Waals surface area contributed by atoms with Crippen molar-refractivity contribution in [2.75, 3.05) is 30.9 Å². The van der Waals surface area contributed by atoms with Crippen LogP contribution >= 0.6 is 0 Å². The molecule has 0 saturated heterocycles. The van der Waals surface area contributed by atoms with Gasteiger partial charge in [-0.3, -0.25) is 0 Å². The van der Waals surface area contributed by atoms with Crippen LogP contribution in [0.3, 0.4) is 0 Å². The SMILES string of the molecule is CCCNc1cc(NC(COC)C(C)C)ccn1. The Labute approximate surface area is 110 Å². The molecule has 4 nitrogen and oxygen atoms in total. The first kappa shape index (κ1) is 14.8. The van der Waals surface area contributed by atoms with E-state index in [9.17, 15) is 0 Å². The second kappa shape index (κ2) is 7.93. The average Bonchev–Trinajstić information content (AvgIpc) is 2.36. The zero-order valence-corrected chi connectivity index (χ0v) is 11.9. The summed E-state index contributed by atoms with van der Waals surface area (Å²) in [5.74, 6) is 1.44. The number of nitrogens with one attached hydrogen (secondary N) is 2. The number of pyridine rings is 1. The molecule has 0 amide bonds. The van der Waals surface area contributed by atoms with Crippen molar-refractivity contribution in [2.24, 2.45) is 5.92 Å². The molecule has 0 radical (unpaired) electrons. The van der Waals surface area contributed by atoms with Crippen molar-refractivity contribution in [1.82, 2.24) is 4.98 Å². The van der Waals surface area contributed by atoms with Gasteiger partial charge in [0.1, 0.15) is 5.82 Å². The van der Waals surface area contributed by atoms with Crippen LogP contribution in [0.5, 0.6) is 0 Å². The van der Waals surface area contributed by atoms with Gasteiger partial charge in [-0.1, -0.05) is 20.8 Å². The summed E-state index contributed by atoms with van der Waals surface area (Å²) in [6.45, 7) is 8.17. The average molecular weight is 251 g/mol. The molecule has 2 N–H and O–H groups in total. The number of nitrogens with zero attached hydrogens (tertiary/aromatic N) is 1. The molecule has 1 heterocycles. The highest BCUT2D eigenvalue weighted by Gasteiger charge is 2.12. The van der Waals surface area contributed by atoms with E-state index in [-0.39, 0.29) is 0 Å². The standard InChI is InChI=1S/C14H25N3O/c1-5-7-15-14-9-12(6-8-16-14)17-13(10-18-4)11(2)3/h6,8-9,11,13H,5,7,10H2,1-4H3,(H2,15,16,17). The number of hydrogen-bond acceptors (Lipinski definition) is 4. The lowest BCUT2D eigenvalue weighted by atomic mass is 10.1. The summed E-state index contributed by atoms with van der Waals surface area (Å²) in [5, 5.41) is 6.78. The van der Waals surface area contributed by atoms with Crippen LogP contribution in [-0.2, 0) is 4.74 Å². The third-order valence-electron chi connectivity index (χ3n) is 2.82. The molecule has 102 valence electrons. The van der Waals surface area contributed by atoms with Gasteiger partial charge in [-0.25, -0.2) is 4.98 Å². The van der Waals surface area contributed by atoms with Crippen molar-refractivity contribution in [2.45, 2.75) is 33.2 Å². The van der Waals surface area contributed by atoms with Crippen molar-refractivity contribution in [3.63, 3.8) is 0 Å². The Morgan fingerprint density at radius 2 is 2.17 bits per heavy atom. The molecule has 0 spiro atoms. The minimum absolute atomic E-state index is 0.316. The molecule has 0 bridgehead atoms. The predicted molar refractivity (Wildman–Crippen MR) is 77.1 cm³/mol. The van der Waals surface area contributed by atoms with Gasteiger partial charge in [0, 0.05) is 31.6 Å². The normalized spacial score (nSPS) is 12.5. The van der Waals surface area contributed by atoms with Crippen molar-refractivity contribution in [3.05, 3.63) is 18.3 Å². The lowest BCUT2D eigenvalue weighted by molar-refractivity contribution is 0.171. The molecule has 0 saturated carbocycles. The Morgan fingerprint density at radius 3 is 2.78 bits per heavy atom. The summed E-state index contributed by atoms with van der Waals surface area (Å²) in [4.78, 5) is 4.29. The molecule has 1 aromatic rings. The zero-order chi connectivity index (χ0) is 13.4. The fourth-order valence-electron chi connectivity index (χ4n) is 1.66. The molecule has 1 aromatic heterocycles. The molecule has 0 fully saturated rings. The van der Waals surface area contributed by atoms with Gasteiger partial charge in [-0.15, -0.1) is 0 Å². The van der Waals surface area contributed by atoms with Gasteiger partial charge in [0.05, 0.1) is 12.6 Å². The molecular weight excluding hydrogens is 226 g/mol. The van der Waals surface area contributed by atoms with Crippen LogP contribution in [0.2, 0.25) is 0 Å². The zero-order valence-electron chi connectivity index (χ0n) is 11.9. The van der Waals surface area contributed by atoms with E-state index in [0.717, 1.165) is 24.5 Å². The number of methoxy groups -OCH3 is 1. The van der Waals surface area contributed by atoms with Crippen LogP contribution in [0.15, 0.2) is 18.3 Å². The molecule has 1 rings (SSSR count). The number of aromatic nitrogens is 1. The highest BCUT2D eigenvalue weighted by molar-refractivity contribution is 5.52. The minimum Gasteiger partial charge on any atom is -0.383 e. The number of ether oxygens (including phenoxy) is 1. The molecule has 1 unspecified atom stereocenters. The van der Waals surface area contributed by atoms with E-state index >= 15 is 0 Å². The Kier molecular flexibility index (Phi) is 6.50. The van der Waals surface area contributed by atoms with Crippen LogP contribution in [0, 0.1) is 5.92 Å². The van der Waals surface area contributed by atoms with E-state index in [2.05, 4.69) is 36.4 Å². The lowest BCUT2D eigenvalue weighted by Crippen LogP contribution is -2.30. The second-order valence-electron chi connectivity index (χ2n) is 4.81. The van der Waals surface area contributed by atoms with Gasteiger partial charge < -0.3 is 15.4 Å². The van der Waals surface area contributed by atoms with Crippen molar-refractivity contribution in [3.8, 4) is 0 Å². The van der Waals surface area contributed by atoms with Gasteiger partial charge in [0.15, 0.2) is 0 Å². The van der Waals surface area contributed by atoms with Crippen molar-refractivity contribution >= 4 is 11.5 Å². The Balaban J connectivity index is 2.64. The third-order valence-corrected chi connectivity index (χ3v) is 2.82. The summed E-state index contributed by atoms with van der Waals surface area (Å²) in [6, 6.07) is 4.35. The van der Waals surface area contributed by atoms with Crippen LogP contribution in [0.4, 0.5) is 11.5 Å². The maximum atomic E-state index is 5.24. The van der Waals surface area contributed by atoms with Gasteiger partial charge in [0.25, 0.3) is 0 Å². The number of anilines is 2. The first-order valence-corrected chi connectivity index (χ1v) is 6.62.